The van der Waals surface area contributed by atoms with E-state index < -0.39 is 5.97 Å². The normalized spacial score (nSPS) is 10.2. The average molecular weight is 302 g/mol. The Morgan fingerprint density at radius 3 is 2.55 bits per heavy atom. The summed E-state index contributed by atoms with van der Waals surface area (Å²) < 4.78 is 16.0. The average Bonchev–Trinajstić information content (AvgIpc) is 2.55. The van der Waals surface area contributed by atoms with Crippen molar-refractivity contribution in [2.45, 2.75) is 6.61 Å². The highest BCUT2D eigenvalue weighted by molar-refractivity contribution is 5.91. The Kier molecular flexibility index (Phi) is 5.80. The number of benzene rings is 2. The summed E-state index contributed by atoms with van der Waals surface area (Å²) in [6, 6.07) is 14.5. The van der Waals surface area contributed by atoms with Crippen molar-refractivity contribution >= 4 is 5.97 Å². The van der Waals surface area contributed by atoms with Gasteiger partial charge in [0.1, 0.15) is 23.7 Å². The van der Waals surface area contributed by atoms with Crippen LogP contribution in [0.5, 0.6) is 11.5 Å². The van der Waals surface area contributed by atoms with Crippen LogP contribution in [-0.4, -0.2) is 31.4 Å². The monoisotopic (exact) mass is 302 g/mol. The van der Waals surface area contributed by atoms with Gasteiger partial charge in [-0.2, -0.15) is 0 Å². The van der Waals surface area contributed by atoms with Gasteiger partial charge in [-0.15, -0.1) is 0 Å². The third-order valence-corrected chi connectivity index (χ3v) is 3.01. The molecule has 0 unspecified atom stereocenters. The van der Waals surface area contributed by atoms with Crippen molar-refractivity contribution in [3.63, 3.8) is 0 Å². The van der Waals surface area contributed by atoms with Gasteiger partial charge in [-0.3, -0.25) is 0 Å². The van der Waals surface area contributed by atoms with Crippen LogP contribution in [0.15, 0.2) is 48.5 Å². The molecule has 0 radical (unpaired) electrons. The Labute approximate surface area is 129 Å². The molecule has 1 N–H and O–H groups in total. The lowest BCUT2D eigenvalue weighted by Crippen LogP contribution is -2.08. The van der Waals surface area contributed by atoms with Crippen molar-refractivity contribution in [3.8, 4) is 11.5 Å². The smallest absolute Gasteiger partial charge is 0.339 e. The van der Waals surface area contributed by atoms with Gasteiger partial charge in [0.15, 0.2) is 0 Å². The van der Waals surface area contributed by atoms with Gasteiger partial charge in [-0.05, 0) is 23.8 Å². The molecule has 0 atom stereocenters. The molecule has 22 heavy (non-hydrogen) atoms. The molecule has 2 aromatic rings. The first kappa shape index (κ1) is 15.9. The highest BCUT2D eigenvalue weighted by Crippen LogP contribution is 2.24. The molecule has 0 aliphatic heterocycles. The van der Waals surface area contributed by atoms with Gasteiger partial charge in [0, 0.05) is 0 Å². The van der Waals surface area contributed by atoms with Gasteiger partial charge in [-0.25, -0.2) is 4.79 Å². The maximum absolute atomic E-state index is 11.1. The largest absolute Gasteiger partial charge is 0.496 e. The van der Waals surface area contributed by atoms with Crippen molar-refractivity contribution in [1.29, 1.82) is 0 Å². The van der Waals surface area contributed by atoms with E-state index in [1.165, 1.54) is 13.2 Å². The van der Waals surface area contributed by atoms with Crippen molar-refractivity contribution in [3.05, 3.63) is 59.7 Å². The number of carboxylic acids is 1. The molecule has 0 saturated heterocycles. The number of hydrogen-bond donors (Lipinski definition) is 1. The van der Waals surface area contributed by atoms with Crippen molar-refractivity contribution < 1.29 is 24.1 Å². The summed E-state index contributed by atoms with van der Waals surface area (Å²) in [6.07, 6.45) is 0. The predicted molar refractivity (Wildman–Crippen MR) is 81.5 cm³/mol. The third kappa shape index (κ3) is 4.49. The molecule has 5 heteroatoms. The number of carboxylic acid groups (broad SMARTS) is 1. The fourth-order valence-corrected chi connectivity index (χ4v) is 1.93. The topological polar surface area (TPSA) is 65.0 Å². The first-order valence-corrected chi connectivity index (χ1v) is 6.86. The van der Waals surface area contributed by atoms with Crippen LogP contribution < -0.4 is 9.47 Å². The van der Waals surface area contributed by atoms with Crippen LogP contribution in [0.4, 0.5) is 0 Å². The Morgan fingerprint density at radius 2 is 1.86 bits per heavy atom. The SMILES string of the molecule is COc1ccc(OCCOCc2ccccc2)cc1C(=O)O. The summed E-state index contributed by atoms with van der Waals surface area (Å²) in [5, 5.41) is 9.10. The summed E-state index contributed by atoms with van der Waals surface area (Å²) in [6.45, 7) is 1.29. The van der Waals surface area contributed by atoms with Crippen molar-refractivity contribution in [2.24, 2.45) is 0 Å². The number of hydrogen-bond acceptors (Lipinski definition) is 4. The molecule has 2 rings (SSSR count). The minimum absolute atomic E-state index is 0.0743. The van der Waals surface area contributed by atoms with E-state index in [0.717, 1.165) is 5.56 Å². The van der Waals surface area contributed by atoms with Crippen LogP contribution in [-0.2, 0) is 11.3 Å². The Bertz CT molecular complexity index is 610. The number of methoxy groups -OCH3 is 1. The molecule has 0 amide bonds. The number of ether oxygens (including phenoxy) is 3. The van der Waals surface area contributed by atoms with Gasteiger partial charge < -0.3 is 19.3 Å². The zero-order valence-electron chi connectivity index (χ0n) is 12.3. The van der Waals surface area contributed by atoms with Crippen LogP contribution in [0.1, 0.15) is 15.9 Å². The Morgan fingerprint density at radius 1 is 1.09 bits per heavy atom. The molecule has 2 aromatic carbocycles. The second-order valence-corrected chi connectivity index (χ2v) is 4.55. The molecule has 5 nitrogen and oxygen atoms in total. The third-order valence-electron chi connectivity index (χ3n) is 3.01. The lowest BCUT2D eigenvalue weighted by atomic mass is 10.2. The van der Waals surface area contributed by atoms with Crippen LogP contribution in [0.25, 0.3) is 0 Å². The molecule has 0 saturated carbocycles. The Balaban J connectivity index is 1.79. The van der Waals surface area contributed by atoms with E-state index in [4.69, 9.17) is 19.3 Å². The second kappa shape index (κ2) is 8.05. The Hall–Kier alpha value is -2.53. The minimum Gasteiger partial charge on any atom is -0.496 e. The van der Waals surface area contributed by atoms with Crippen molar-refractivity contribution in [2.75, 3.05) is 20.3 Å². The molecule has 0 bridgehead atoms. The second-order valence-electron chi connectivity index (χ2n) is 4.55. The first-order chi connectivity index (χ1) is 10.7. The summed E-state index contributed by atoms with van der Waals surface area (Å²) in [5.41, 5.74) is 1.17. The standard InChI is InChI=1S/C17H18O5/c1-20-16-8-7-14(11-15(16)17(18)19)22-10-9-21-12-13-5-3-2-4-6-13/h2-8,11H,9-10,12H2,1H3,(H,18,19). The van der Waals surface area contributed by atoms with Crippen molar-refractivity contribution in [1.82, 2.24) is 0 Å². The summed E-state index contributed by atoms with van der Waals surface area (Å²) >= 11 is 0. The van der Waals surface area contributed by atoms with Gasteiger partial charge in [0.05, 0.1) is 20.3 Å². The van der Waals surface area contributed by atoms with E-state index in [1.54, 1.807) is 12.1 Å². The predicted octanol–water partition coefficient (Wildman–Crippen LogP) is 2.99. The molecular weight excluding hydrogens is 284 g/mol. The molecule has 0 aliphatic rings. The van der Waals surface area contributed by atoms with Crippen LogP contribution in [0.2, 0.25) is 0 Å². The van der Waals surface area contributed by atoms with E-state index in [2.05, 4.69) is 0 Å². The van der Waals surface area contributed by atoms with Gasteiger partial charge >= 0.3 is 5.97 Å². The number of aromatic carboxylic acids is 1. The van der Waals surface area contributed by atoms with Crippen LogP contribution >= 0.6 is 0 Å². The van der Waals surface area contributed by atoms with Crippen LogP contribution in [0, 0.1) is 0 Å². The maximum atomic E-state index is 11.1. The van der Waals surface area contributed by atoms with Gasteiger partial charge in [0.2, 0.25) is 0 Å². The molecule has 116 valence electrons. The lowest BCUT2D eigenvalue weighted by molar-refractivity contribution is 0.0692. The van der Waals surface area contributed by atoms with Gasteiger partial charge in [0.25, 0.3) is 0 Å². The fraction of sp³-hybridized carbons (Fsp3) is 0.235. The van der Waals surface area contributed by atoms with Gasteiger partial charge in [-0.1, -0.05) is 30.3 Å². The summed E-state index contributed by atoms with van der Waals surface area (Å²) in [4.78, 5) is 11.1. The molecule has 0 aromatic heterocycles. The lowest BCUT2D eigenvalue weighted by Gasteiger charge is -2.10. The quantitative estimate of drug-likeness (QED) is 0.759. The summed E-state index contributed by atoms with van der Waals surface area (Å²) in [7, 11) is 1.43. The molecular formula is C17H18O5. The molecule has 0 fully saturated rings. The summed E-state index contributed by atoms with van der Waals surface area (Å²) in [5.74, 6) is -0.274. The van der Waals surface area contributed by atoms with E-state index >= 15 is 0 Å². The highest BCUT2D eigenvalue weighted by Gasteiger charge is 2.12. The van der Waals surface area contributed by atoms with E-state index in [-0.39, 0.29) is 5.56 Å². The molecule has 0 heterocycles. The van der Waals surface area contributed by atoms with Crippen LogP contribution in [0.3, 0.4) is 0 Å². The maximum Gasteiger partial charge on any atom is 0.339 e. The molecule has 0 aliphatic carbocycles. The highest BCUT2D eigenvalue weighted by atomic mass is 16.5. The zero-order chi connectivity index (χ0) is 15.8. The first-order valence-electron chi connectivity index (χ1n) is 6.86. The molecule has 0 spiro atoms. The zero-order valence-corrected chi connectivity index (χ0v) is 12.3. The number of rotatable bonds is 8. The van der Waals surface area contributed by atoms with E-state index in [1.807, 2.05) is 30.3 Å². The van der Waals surface area contributed by atoms with E-state index in [9.17, 15) is 4.79 Å². The number of carbonyl (C=O) groups is 1. The minimum atomic E-state index is -1.05. The van der Waals surface area contributed by atoms with E-state index in [0.29, 0.717) is 31.3 Å². The fourth-order valence-electron chi connectivity index (χ4n) is 1.93.